The lowest BCUT2D eigenvalue weighted by molar-refractivity contribution is 0.122. The molecule has 2 aliphatic rings. The van der Waals surface area contributed by atoms with Gasteiger partial charge in [-0.15, -0.1) is 0 Å². The van der Waals surface area contributed by atoms with Crippen LogP contribution in [0.15, 0.2) is 60.4 Å². The largest absolute Gasteiger partial charge is 0.378 e. The number of carbonyl (C=O) groups is 2. The summed E-state index contributed by atoms with van der Waals surface area (Å²) >= 11 is 0. The van der Waals surface area contributed by atoms with Crippen molar-refractivity contribution in [2.75, 3.05) is 36.5 Å². The number of aromatic nitrogens is 2. The predicted octanol–water partition coefficient (Wildman–Crippen LogP) is 3.60. The first-order valence-electron chi connectivity index (χ1n) is 10.5. The summed E-state index contributed by atoms with van der Waals surface area (Å²) in [6, 6.07) is 12.2. The van der Waals surface area contributed by atoms with Gasteiger partial charge in [-0.2, -0.15) is 5.10 Å². The Morgan fingerprint density at radius 3 is 2.69 bits per heavy atom. The summed E-state index contributed by atoms with van der Waals surface area (Å²) in [6.45, 7) is 4.96. The summed E-state index contributed by atoms with van der Waals surface area (Å²) in [5.41, 5.74) is 4.12. The molecule has 1 fully saturated rings. The number of benzene rings is 2. The van der Waals surface area contributed by atoms with E-state index in [-0.39, 0.29) is 6.04 Å². The maximum atomic E-state index is 12.8. The molecule has 0 radical (unpaired) electrons. The van der Waals surface area contributed by atoms with Crippen molar-refractivity contribution in [2.45, 2.75) is 13.0 Å². The average Bonchev–Trinajstić information content (AvgIpc) is 3.27. The monoisotopic (exact) mass is 432 g/mol. The van der Waals surface area contributed by atoms with Crippen LogP contribution in [0.25, 0.3) is 10.9 Å². The SMILES string of the molecule is CC1=CC(c2ccc(N3CCOCC3)cc2)NC(=O)N1C(=O)Nc1ccc2[nH]ncc2c1. The Hall–Kier alpha value is -3.85. The zero-order valence-electron chi connectivity index (χ0n) is 17.7. The number of morpholine rings is 1. The molecule has 3 N–H and O–H groups in total. The average molecular weight is 432 g/mol. The van der Waals surface area contributed by atoms with E-state index in [0.717, 1.165) is 53.4 Å². The van der Waals surface area contributed by atoms with Gasteiger partial charge in [0.1, 0.15) is 0 Å². The molecule has 1 atom stereocenters. The van der Waals surface area contributed by atoms with Crippen molar-refractivity contribution in [2.24, 2.45) is 0 Å². The molecule has 0 bridgehead atoms. The van der Waals surface area contributed by atoms with Crippen molar-refractivity contribution in [1.29, 1.82) is 0 Å². The summed E-state index contributed by atoms with van der Waals surface area (Å²) in [6.07, 6.45) is 3.56. The molecule has 2 aromatic carbocycles. The number of urea groups is 2. The van der Waals surface area contributed by atoms with Crippen molar-refractivity contribution >= 4 is 34.3 Å². The Balaban J connectivity index is 1.29. The number of carbonyl (C=O) groups excluding carboxylic acids is 2. The van der Waals surface area contributed by atoms with E-state index < -0.39 is 12.1 Å². The number of anilines is 2. The topological polar surface area (TPSA) is 103 Å². The second kappa shape index (κ2) is 8.35. The van der Waals surface area contributed by atoms with Gasteiger partial charge in [0.2, 0.25) is 0 Å². The van der Waals surface area contributed by atoms with Crippen molar-refractivity contribution in [3.63, 3.8) is 0 Å². The number of ether oxygens (including phenoxy) is 1. The quantitative estimate of drug-likeness (QED) is 0.587. The van der Waals surface area contributed by atoms with Crippen LogP contribution in [-0.2, 0) is 4.74 Å². The van der Waals surface area contributed by atoms with Crippen LogP contribution in [0.1, 0.15) is 18.5 Å². The first kappa shape index (κ1) is 20.1. The molecule has 0 saturated carbocycles. The van der Waals surface area contributed by atoms with Crippen LogP contribution < -0.4 is 15.5 Å². The van der Waals surface area contributed by atoms with E-state index in [4.69, 9.17) is 4.74 Å². The molecule has 164 valence electrons. The highest BCUT2D eigenvalue weighted by Gasteiger charge is 2.30. The maximum absolute atomic E-state index is 12.8. The number of rotatable bonds is 3. The second-order valence-corrected chi connectivity index (χ2v) is 7.86. The van der Waals surface area contributed by atoms with Crippen LogP contribution in [0.5, 0.6) is 0 Å². The summed E-state index contributed by atoms with van der Waals surface area (Å²) in [5.74, 6) is 0. The molecule has 1 saturated heterocycles. The highest BCUT2D eigenvalue weighted by molar-refractivity contribution is 6.03. The molecule has 3 heterocycles. The lowest BCUT2D eigenvalue weighted by atomic mass is 10.0. The van der Waals surface area contributed by atoms with Crippen molar-refractivity contribution in [3.8, 4) is 0 Å². The van der Waals surface area contributed by atoms with E-state index >= 15 is 0 Å². The van der Waals surface area contributed by atoms with Gasteiger partial charge in [-0.3, -0.25) is 5.10 Å². The van der Waals surface area contributed by atoms with E-state index in [2.05, 4.69) is 37.9 Å². The maximum Gasteiger partial charge on any atom is 0.334 e. The summed E-state index contributed by atoms with van der Waals surface area (Å²) in [7, 11) is 0. The minimum absolute atomic E-state index is 0.299. The molecule has 0 spiro atoms. The van der Waals surface area contributed by atoms with Gasteiger partial charge in [-0.05, 0) is 48.9 Å². The van der Waals surface area contributed by atoms with Crippen LogP contribution in [-0.4, -0.2) is 53.5 Å². The Morgan fingerprint density at radius 1 is 1.16 bits per heavy atom. The molecule has 1 aromatic heterocycles. The Kier molecular flexibility index (Phi) is 5.24. The molecular formula is C23H24N6O3. The van der Waals surface area contributed by atoms with Crippen molar-refractivity contribution < 1.29 is 14.3 Å². The lowest BCUT2D eigenvalue weighted by Crippen LogP contribution is -2.48. The number of hydrogen-bond acceptors (Lipinski definition) is 5. The van der Waals surface area contributed by atoms with Gasteiger partial charge < -0.3 is 20.3 Å². The van der Waals surface area contributed by atoms with Crippen molar-refractivity contribution in [1.82, 2.24) is 20.4 Å². The molecule has 9 heteroatoms. The van der Waals surface area contributed by atoms with Gasteiger partial charge in [-0.1, -0.05) is 12.1 Å². The van der Waals surface area contributed by atoms with Gasteiger partial charge in [0.15, 0.2) is 0 Å². The Morgan fingerprint density at radius 2 is 1.94 bits per heavy atom. The Bertz CT molecular complexity index is 1180. The molecule has 2 aliphatic heterocycles. The second-order valence-electron chi connectivity index (χ2n) is 7.86. The van der Waals surface area contributed by atoms with E-state index in [9.17, 15) is 9.59 Å². The minimum atomic E-state index is -0.514. The highest BCUT2D eigenvalue weighted by Crippen LogP contribution is 2.26. The molecule has 3 aromatic rings. The van der Waals surface area contributed by atoms with Crippen LogP contribution in [0.4, 0.5) is 21.0 Å². The lowest BCUT2D eigenvalue weighted by Gasteiger charge is -2.31. The number of allylic oxidation sites excluding steroid dienone is 1. The molecule has 1 unspecified atom stereocenters. The van der Waals surface area contributed by atoms with E-state index in [1.165, 1.54) is 0 Å². The van der Waals surface area contributed by atoms with Crippen LogP contribution in [0, 0.1) is 0 Å². The molecule has 0 aliphatic carbocycles. The van der Waals surface area contributed by atoms with Gasteiger partial charge in [0.05, 0.1) is 31.0 Å². The smallest absolute Gasteiger partial charge is 0.334 e. The fraction of sp³-hybridized carbons (Fsp3) is 0.261. The van der Waals surface area contributed by atoms with Crippen molar-refractivity contribution in [3.05, 3.63) is 66.0 Å². The normalized spacial score (nSPS) is 19.0. The third-order valence-electron chi connectivity index (χ3n) is 5.77. The molecular weight excluding hydrogens is 408 g/mol. The number of H-pyrrole nitrogens is 1. The zero-order chi connectivity index (χ0) is 22.1. The summed E-state index contributed by atoms with van der Waals surface area (Å²) < 4.78 is 5.41. The van der Waals surface area contributed by atoms with Crippen LogP contribution in [0.3, 0.4) is 0 Å². The number of nitrogens with one attached hydrogen (secondary N) is 3. The fourth-order valence-corrected chi connectivity index (χ4v) is 4.06. The van der Waals surface area contributed by atoms with Gasteiger partial charge in [0.25, 0.3) is 0 Å². The number of imide groups is 1. The number of nitrogens with zero attached hydrogens (tertiary/aromatic N) is 3. The van der Waals surface area contributed by atoms with Gasteiger partial charge in [0, 0.05) is 35.5 Å². The number of aromatic amines is 1. The molecule has 32 heavy (non-hydrogen) atoms. The molecule has 4 amide bonds. The number of fused-ring (bicyclic) bond motifs is 1. The Labute approximate surface area is 185 Å². The molecule has 9 nitrogen and oxygen atoms in total. The van der Waals surface area contributed by atoms with Gasteiger partial charge in [-0.25, -0.2) is 14.5 Å². The highest BCUT2D eigenvalue weighted by atomic mass is 16.5. The summed E-state index contributed by atoms with van der Waals surface area (Å²) in [5, 5.41) is 13.4. The predicted molar refractivity (Wildman–Crippen MR) is 121 cm³/mol. The number of hydrogen-bond donors (Lipinski definition) is 3. The van der Waals surface area contributed by atoms with Crippen LogP contribution in [0.2, 0.25) is 0 Å². The molecule has 5 rings (SSSR count). The first-order chi connectivity index (χ1) is 15.6. The van der Waals surface area contributed by atoms with E-state index in [1.807, 2.05) is 24.3 Å². The van der Waals surface area contributed by atoms with Crippen LogP contribution >= 0.6 is 0 Å². The standard InChI is InChI=1S/C23H24N6O3/c1-15-12-21(16-2-5-19(6-3-16)28-8-10-32-11-9-28)26-23(31)29(15)22(30)25-18-4-7-20-17(13-18)14-24-27-20/h2-7,12-14,21H,8-11H2,1H3,(H,24,27)(H,25,30)(H,26,31). The first-order valence-corrected chi connectivity index (χ1v) is 10.5. The van der Waals surface area contributed by atoms with E-state index in [1.54, 1.807) is 25.3 Å². The minimum Gasteiger partial charge on any atom is -0.378 e. The number of amides is 4. The zero-order valence-corrected chi connectivity index (χ0v) is 17.7. The third kappa shape index (κ3) is 3.90. The summed E-state index contributed by atoms with van der Waals surface area (Å²) in [4.78, 5) is 29.0. The van der Waals surface area contributed by atoms with Gasteiger partial charge >= 0.3 is 12.1 Å². The third-order valence-corrected chi connectivity index (χ3v) is 5.77. The fourth-order valence-electron chi connectivity index (χ4n) is 4.06. The van der Waals surface area contributed by atoms with E-state index in [0.29, 0.717) is 11.4 Å².